The Labute approximate surface area is 128 Å². The van der Waals surface area contributed by atoms with Crippen LogP contribution in [0.2, 0.25) is 0 Å². The highest BCUT2D eigenvalue weighted by Gasteiger charge is 2.35. The molecule has 1 aromatic rings. The van der Waals surface area contributed by atoms with Gasteiger partial charge < -0.3 is 16.2 Å². The van der Waals surface area contributed by atoms with Crippen LogP contribution < -0.4 is 11.1 Å². The minimum atomic E-state index is -0.717. The first-order chi connectivity index (χ1) is 10.3. The number of nitrogens with zero attached hydrogens (tertiary/aromatic N) is 1. The zero-order valence-corrected chi connectivity index (χ0v) is 12.3. The van der Waals surface area contributed by atoms with Crippen LogP contribution in [0.1, 0.15) is 36.2 Å². The number of hydrogen-bond donors (Lipinski definition) is 3. The lowest BCUT2D eigenvalue weighted by Gasteiger charge is -2.16. The van der Waals surface area contributed by atoms with Crippen LogP contribution in [0.25, 0.3) is 0 Å². The Bertz CT molecular complexity index is 673. The van der Waals surface area contributed by atoms with Crippen molar-refractivity contribution in [2.75, 3.05) is 6.54 Å². The van der Waals surface area contributed by atoms with E-state index in [1.807, 2.05) is 0 Å². The number of nitrogens with one attached hydrogen (secondary N) is 1. The van der Waals surface area contributed by atoms with Gasteiger partial charge in [-0.05, 0) is 32.0 Å². The number of hydrogen-bond acceptors (Lipinski definition) is 4. The van der Waals surface area contributed by atoms with Crippen LogP contribution >= 0.6 is 0 Å². The van der Waals surface area contributed by atoms with E-state index in [1.165, 1.54) is 17.2 Å². The van der Waals surface area contributed by atoms with Gasteiger partial charge in [-0.15, -0.1) is 0 Å². The molecule has 0 radical (unpaired) electrons. The second-order valence-electron chi connectivity index (χ2n) is 5.28. The number of benzene rings is 1. The summed E-state index contributed by atoms with van der Waals surface area (Å²) < 4.78 is 0. The average molecular weight is 303 g/mol. The number of carbonyl (C=O) groups excluding carboxylic acids is 2. The normalized spacial score (nSPS) is 15.9. The van der Waals surface area contributed by atoms with E-state index in [1.54, 1.807) is 19.9 Å². The van der Waals surface area contributed by atoms with Crippen molar-refractivity contribution in [3.8, 4) is 17.6 Å². The van der Waals surface area contributed by atoms with Crippen LogP contribution in [0.5, 0.6) is 5.75 Å². The van der Waals surface area contributed by atoms with Gasteiger partial charge in [-0.1, -0.05) is 11.8 Å². The standard InChI is InChI=1S/C15H17N3O4/c1-15(2)17-14(21)18(22-15)8-4-3-5-10-6-7-12(19)11(9-10)13(16)20/h6-7,9,19H,4,8H2,1-2H3,(H2,16,20)(H,17,21). The van der Waals surface area contributed by atoms with Gasteiger partial charge >= 0.3 is 6.03 Å². The summed E-state index contributed by atoms with van der Waals surface area (Å²) in [5.74, 6) is 4.83. The predicted molar refractivity (Wildman–Crippen MR) is 78.5 cm³/mol. The van der Waals surface area contributed by atoms with E-state index >= 15 is 0 Å². The molecule has 7 heteroatoms. The molecule has 7 nitrogen and oxygen atoms in total. The van der Waals surface area contributed by atoms with Crippen molar-refractivity contribution in [3.63, 3.8) is 0 Å². The smallest absolute Gasteiger partial charge is 0.343 e. The van der Waals surface area contributed by atoms with Crippen molar-refractivity contribution in [1.82, 2.24) is 10.4 Å². The number of carbonyl (C=O) groups is 2. The van der Waals surface area contributed by atoms with E-state index in [0.717, 1.165) is 0 Å². The van der Waals surface area contributed by atoms with Crippen molar-refractivity contribution >= 4 is 11.9 Å². The molecule has 2 rings (SSSR count). The Kier molecular flexibility index (Phi) is 4.24. The number of aromatic hydroxyl groups is 1. The fourth-order valence-electron chi connectivity index (χ4n) is 1.94. The molecule has 0 unspecified atom stereocenters. The summed E-state index contributed by atoms with van der Waals surface area (Å²) in [6, 6.07) is 4.07. The first-order valence-corrected chi connectivity index (χ1v) is 6.69. The molecular formula is C15H17N3O4. The largest absolute Gasteiger partial charge is 0.507 e. The first kappa shape index (κ1) is 15.7. The third-order valence-electron chi connectivity index (χ3n) is 2.91. The van der Waals surface area contributed by atoms with E-state index in [-0.39, 0.29) is 17.3 Å². The molecule has 0 spiro atoms. The molecule has 0 saturated carbocycles. The molecule has 1 fully saturated rings. The number of hydroxylamine groups is 2. The van der Waals surface area contributed by atoms with E-state index in [0.29, 0.717) is 18.5 Å². The highest BCUT2D eigenvalue weighted by atomic mass is 16.7. The molecule has 1 aliphatic heterocycles. The number of nitrogens with two attached hydrogens (primary N) is 1. The van der Waals surface area contributed by atoms with Gasteiger partial charge in [-0.25, -0.2) is 9.63 Å². The van der Waals surface area contributed by atoms with Crippen LogP contribution in [-0.2, 0) is 4.84 Å². The second-order valence-corrected chi connectivity index (χ2v) is 5.28. The van der Waals surface area contributed by atoms with Crippen molar-refractivity contribution in [2.45, 2.75) is 26.0 Å². The summed E-state index contributed by atoms with van der Waals surface area (Å²) in [5.41, 5.74) is 5.01. The molecule has 0 aliphatic carbocycles. The summed E-state index contributed by atoms with van der Waals surface area (Å²) in [6.07, 6.45) is 0.399. The zero-order valence-electron chi connectivity index (χ0n) is 12.3. The fraction of sp³-hybridized carbons (Fsp3) is 0.333. The fourth-order valence-corrected chi connectivity index (χ4v) is 1.94. The Morgan fingerprint density at radius 1 is 1.50 bits per heavy atom. The molecule has 22 heavy (non-hydrogen) atoms. The molecule has 4 N–H and O–H groups in total. The summed E-state index contributed by atoms with van der Waals surface area (Å²) in [7, 11) is 0. The highest BCUT2D eigenvalue weighted by molar-refractivity contribution is 5.95. The molecule has 1 aliphatic rings. The summed E-state index contributed by atoms with van der Waals surface area (Å²) in [4.78, 5) is 28.1. The van der Waals surface area contributed by atoms with Crippen molar-refractivity contribution in [1.29, 1.82) is 0 Å². The number of primary amides is 1. The van der Waals surface area contributed by atoms with Gasteiger partial charge in [0.1, 0.15) is 5.75 Å². The van der Waals surface area contributed by atoms with Crippen LogP contribution in [0.15, 0.2) is 18.2 Å². The molecule has 0 bridgehead atoms. The lowest BCUT2D eigenvalue weighted by Crippen LogP contribution is -2.35. The van der Waals surface area contributed by atoms with Crippen LogP contribution in [0.4, 0.5) is 4.79 Å². The van der Waals surface area contributed by atoms with Crippen LogP contribution in [-0.4, -0.2) is 34.4 Å². The van der Waals surface area contributed by atoms with Crippen molar-refractivity contribution in [3.05, 3.63) is 29.3 Å². The summed E-state index contributed by atoms with van der Waals surface area (Å²) in [5, 5.41) is 13.4. The minimum absolute atomic E-state index is 0.0239. The van der Waals surface area contributed by atoms with Crippen LogP contribution in [0, 0.1) is 11.8 Å². The topological polar surface area (TPSA) is 105 Å². The van der Waals surface area contributed by atoms with E-state index in [9.17, 15) is 14.7 Å². The van der Waals surface area contributed by atoms with Gasteiger partial charge in [-0.2, -0.15) is 5.06 Å². The zero-order chi connectivity index (χ0) is 16.3. The maximum absolute atomic E-state index is 11.6. The predicted octanol–water partition coefficient (Wildman–Crippen LogP) is 0.926. The van der Waals surface area contributed by atoms with E-state index < -0.39 is 11.6 Å². The number of phenols is 1. The van der Waals surface area contributed by atoms with Crippen LogP contribution in [0.3, 0.4) is 0 Å². The highest BCUT2D eigenvalue weighted by Crippen LogP contribution is 2.18. The Balaban J connectivity index is 1.96. The number of rotatable bonds is 3. The average Bonchev–Trinajstić information content (AvgIpc) is 2.69. The lowest BCUT2D eigenvalue weighted by molar-refractivity contribution is -0.164. The quantitative estimate of drug-likeness (QED) is 0.722. The van der Waals surface area contributed by atoms with Gasteiger partial charge in [0.05, 0.1) is 12.1 Å². The maximum atomic E-state index is 11.6. The Morgan fingerprint density at radius 3 is 2.82 bits per heavy atom. The van der Waals surface area contributed by atoms with Crippen molar-refractivity contribution in [2.24, 2.45) is 5.73 Å². The SMILES string of the molecule is CC1(C)NC(=O)N(CCC#Cc2ccc(O)c(C(N)=O)c2)O1. The van der Waals surface area contributed by atoms with Gasteiger partial charge in [0.2, 0.25) is 0 Å². The molecule has 0 aromatic heterocycles. The molecule has 1 heterocycles. The van der Waals surface area contributed by atoms with Crippen molar-refractivity contribution < 1.29 is 19.5 Å². The Hall–Kier alpha value is -2.72. The number of urea groups is 1. The molecule has 116 valence electrons. The van der Waals surface area contributed by atoms with E-state index in [2.05, 4.69) is 17.2 Å². The molecule has 1 saturated heterocycles. The first-order valence-electron chi connectivity index (χ1n) is 6.69. The second kappa shape index (κ2) is 5.95. The van der Waals surface area contributed by atoms with Gasteiger partial charge in [0.15, 0.2) is 5.72 Å². The molecule has 3 amide bonds. The van der Waals surface area contributed by atoms with Gasteiger partial charge in [-0.3, -0.25) is 4.79 Å². The third-order valence-corrected chi connectivity index (χ3v) is 2.91. The van der Waals surface area contributed by atoms with Gasteiger partial charge in [0, 0.05) is 12.0 Å². The van der Waals surface area contributed by atoms with Gasteiger partial charge in [0.25, 0.3) is 5.91 Å². The molecule has 1 aromatic carbocycles. The molecular weight excluding hydrogens is 286 g/mol. The summed E-state index contributed by atoms with van der Waals surface area (Å²) in [6.45, 7) is 3.82. The minimum Gasteiger partial charge on any atom is -0.507 e. The third kappa shape index (κ3) is 3.68. The summed E-state index contributed by atoms with van der Waals surface area (Å²) >= 11 is 0. The Morgan fingerprint density at radius 2 is 2.23 bits per heavy atom. The maximum Gasteiger partial charge on any atom is 0.343 e. The molecule has 0 atom stereocenters. The number of amides is 3. The van der Waals surface area contributed by atoms with E-state index in [4.69, 9.17) is 10.6 Å². The monoisotopic (exact) mass is 303 g/mol. The lowest BCUT2D eigenvalue weighted by atomic mass is 10.1.